The number of hydrogen-bond acceptors (Lipinski definition) is 6. The minimum atomic E-state index is -0.886. The molecular weight excluding hydrogens is 462 g/mol. The van der Waals surface area contributed by atoms with E-state index in [1.54, 1.807) is 18.1 Å². The molecule has 3 aromatic rings. The molecule has 0 saturated carbocycles. The Morgan fingerprint density at radius 2 is 1.72 bits per heavy atom. The van der Waals surface area contributed by atoms with Crippen molar-refractivity contribution < 1.29 is 33.6 Å². The van der Waals surface area contributed by atoms with E-state index in [0.717, 1.165) is 22.3 Å². The van der Waals surface area contributed by atoms with E-state index >= 15 is 0 Å². The van der Waals surface area contributed by atoms with Gasteiger partial charge in [0, 0.05) is 12.1 Å². The van der Waals surface area contributed by atoms with Crippen LogP contribution in [0.25, 0.3) is 11.1 Å². The van der Waals surface area contributed by atoms with E-state index in [4.69, 9.17) is 24.1 Å². The zero-order valence-electron chi connectivity index (χ0n) is 19.9. The Morgan fingerprint density at radius 1 is 0.944 bits per heavy atom. The highest BCUT2D eigenvalue weighted by Crippen LogP contribution is 2.29. The summed E-state index contributed by atoms with van der Waals surface area (Å²) in [6.07, 6.45) is 0.865. The predicted octanol–water partition coefficient (Wildman–Crippen LogP) is 4.97. The first-order valence-corrected chi connectivity index (χ1v) is 11.4. The van der Waals surface area contributed by atoms with Crippen LogP contribution in [-0.2, 0) is 38.5 Å². The minimum absolute atomic E-state index is 0.0301. The number of carbonyl (C=O) groups is 2. The first-order chi connectivity index (χ1) is 17.5. The highest BCUT2D eigenvalue weighted by Gasteiger charge is 2.20. The average molecular weight is 490 g/mol. The van der Waals surface area contributed by atoms with Gasteiger partial charge in [0.25, 0.3) is 0 Å². The molecule has 1 N–H and O–H groups in total. The fourth-order valence-electron chi connectivity index (χ4n) is 3.88. The summed E-state index contributed by atoms with van der Waals surface area (Å²) in [5.41, 5.74) is 4.20. The number of hydrogen-bond donors (Lipinski definition) is 1. The maximum absolute atomic E-state index is 13.1. The van der Waals surface area contributed by atoms with E-state index in [1.165, 1.54) is 6.26 Å². The van der Waals surface area contributed by atoms with Gasteiger partial charge in [-0.05, 0) is 34.4 Å². The van der Waals surface area contributed by atoms with E-state index in [9.17, 15) is 9.59 Å². The lowest BCUT2D eigenvalue weighted by Gasteiger charge is -2.24. The van der Waals surface area contributed by atoms with Crippen molar-refractivity contribution in [2.24, 2.45) is 0 Å². The van der Waals surface area contributed by atoms with Crippen molar-refractivity contribution in [3.8, 4) is 16.9 Å². The Kier molecular flexibility index (Phi) is 8.08. The van der Waals surface area contributed by atoms with Crippen LogP contribution in [0.4, 0.5) is 4.79 Å². The second kappa shape index (κ2) is 11.8. The summed E-state index contributed by atoms with van der Waals surface area (Å²) < 4.78 is 21.3. The van der Waals surface area contributed by atoms with Crippen LogP contribution in [0.3, 0.4) is 0 Å². The third-order valence-electron chi connectivity index (χ3n) is 5.60. The minimum Gasteiger partial charge on any atom is -0.496 e. The molecule has 0 saturated heterocycles. The summed E-state index contributed by atoms with van der Waals surface area (Å²) in [6, 6.07) is 22.7. The molecule has 8 heteroatoms. The number of carboxylic acids is 1. The molecular formula is C28H27NO7. The normalized spacial score (nSPS) is 12.2. The number of carbonyl (C=O) groups excluding carboxylic acids is 1. The molecule has 1 heterocycles. The first kappa shape index (κ1) is 24.7. The fourth-order valence-corrected chi connectivity index (χ4v) is 3.88. The highest BCUT2D eigenvalue weighted by molar-refractivity contribution is 5.73. The van der Waals surface area contributed by atoms with Gasteiger partial charge in [-0.25, -0.2) is 4.79 Å². The smallest absolute Gasteiger partial charge is 0.410 e. The molecule has 0 aromatic heterocycles. The molecule has 1 aliphatic rings. The molecule has 3 aromatic carbocycles. The summed E-state index contributed by atoms with van der Waals surface area (Å²) >= 11 is 0. The molecule has 36 heavy (non-hydrogen) atoms. The second-order valence-electron chi connectivity index (χ2n) is 8.21. The van der Waals surface area contributed by atoms with Crippen molar-refractivity contribution in [1.29, 1.82) is 0 Å². The molecule has 0 fully saturated rings. The second-order valence-corrected chi connectivity index (χ2v) is 8.21. The van der Waals surface area contributed by atoms with Crippen molar-refractivity contribution in [3.63, 3.8) is 0 Å². The predicted molar refractivity (Wildman–Crippen MR) is 132 cm³/mol. The average Bonchev–Trinajstić information content (AvgIpc) is 3.41. The Morgan fingerprint density at radius 3 is 2.44 bits per heavy atom. The summed E-state index contributed by atoms with van der Waals surface area (Å²) in [6.45, 7) is 0.642. The number of benzene rings is 3. The SMILES string of the molecule is COc1ccc(-c2cccc(CC(=O)O)c2)cc1CN(Cc1ccccc1)C(=O)OCC1=COCO1. The molecule has 0 spiro atoms. The number of methoxy groups -OCH3 is 1. The third-order valence-corrected chi connectivity index (χ3v) is 5.60. The molecule has 0 radical (unpaired) electrons. The Balaban J connectivity index is 1.60. The zero-order chi connectivity index (χ0) is 25.3. The number of aliphatic carboxylic acids is 1. The van der Waals surface area contributed by atoms with Crippen LogP contribution in [0.1, 0.15) is 16.7 Å². The number of rotatable bonds is 10. The van der Waals surface area contributed by atoms with Crippen LogP contribution in [-0.4, -0.2) is 42.6 Å². The first-order valence-electron chi connectivity index (χ1n) is 11.4. The van der Waals surface area contributed by atoms with Crippen LogP contribution < -0.4 is 4.74 Å². The van der Waals surface area contributed by atoms with Crippen LogP contribution in [0, 0.1) is 0 Å². The summed E-state index contributed by atoms with van der Waals surface area (Å²) in [5, 5.41) is 9.14. The lowest BCUT2D eigenvalue weighted by Crippen LogP contribution is -2.31. The highest BCUT2D eigenvalue weighted by atomic mass is 16.7. The van der Waals surface area contributed by atoms with Gasteiger partial charge in [-0.3, -0.25) is 9.69 Å². The van der Waals surface area contributed by atoms with Crippen LogP contribution in [0.15, 0.2) is 84.8 Å². The van der Waals surface area contributed by atoms with Gasteiger partial charge in [0.15, 0.2) is 12.4 Å². The van der Waals surface area contributed by atoms with E-state index in [2.05, 4.69) is 0 Å². The van der Waals surface area contributed by atoms with Crippen LogP contribution in [0.2, 0.25) is 0 Å². The van der Waals surface area contributed by atoms with Gasteiger partial charge in [-0.15, -0.1) is 0 Å². The summed E-state index contributed by atoms with van der Waals surface area (Å²) in [7, 11) is 1.58. The maximum Gasteiger partial charge on any atom is 0.410 e. The topological polar surface area (TPSA) is 94.5 Å². The van der Waals surface area contributed by atoms with Crippen molar-refractivity contribution in [2.75, 3.05) is 20.5 Å². The molecule has 0 unspecified atom stereocenters. The largest absolute Gasteiger partial charge is 0.496 e. The molecule has 0 aliphatic carbocycles. The summed E-state index contributed by atoms with van der Waals surface area (Å²) in [4.78, 5) is 25.8. The van der Waals surface area contributed by atoms with Gasteiger partial charge in [-0.1, -0.05) is 60.7 Å². The molecule has 0 atom stereocenters. The van der Waals surface area contributed by atoms with E-state index in [0.29, 0.717) is 23.6 Å². The quantitative estimate of drug-likeness (QED) is 0.429. The van der Waals surface area contributed by atoms with E-state index in [-0.39, 0.29) is 26.4 Å². The molecule has 186 valence electrons. The van der Waals surface area contributed by atoms with Gasteiger partial charge in [0.05, 0.1) is 20.1 Å². The zero-order valence-corrected chi connectivity index (χ0v) is 19.9. The molecule has 0 bridgehead atoms. The van der Waals surface area contributed by atoms with E-state index in [1.807, 2.05) is 66.7 Å². The van der Waals surface area contributed by atoms with Gasteiger partial charge in [0.1, 0.15) is 12.0 Å². The van der Waals surface area contributed by atoms with Crippen molar-refractivity contribution in [2.45, 2.75) is 19.5 Å². The number of nitrogens with zero attached hydrogens (tertiary/aromatic N) is 1. The van der Waals surface area contributed by atoms with Crippen molar-refractivity contribution in [1.82, 2.24) is 4.90 Å². The maximum atomic E-state index is 13.1. The van der Waals surface area contributed by atoms with Gasteiger partial charge in [0.2, 0.25) is 6.79 Å². The van der Waals surface area contributed by atoms with Crippen molar-refractivity contribution >= 4 is 12.1 Å². The Bertz CT molecular complexity index is 1240. The van der Waals surface area contributed by atoms with Crippen LogP contribution in [0.5, 0.6) is 5.75 Å². The standard InChI is InChI=1S/C28H27NO7/c1-33-26-11-10-23(22-9-5-8-21(12-22)13-27(30)31)14-24(26)16-29(15-20-6-3-2-4-7-20)28(32)35-18-25-17-34-19-36-25/h2-12,14,17H,13,15-16,18-19H2,1H3,(H,30,31). The van der Waals surface area contributed by atoms with Gasteiger partial charge >= 0.3 is 12.1 Å². The fraction of sp³-hybridized carbons (Fsp3) is 0.214. The lowest BCUT2D eigenvalue weighted by atomic mass is 9.99. The lowest BCUT2D eigenvalue weighted by molar-refractivity contribution is -0.136. The van der Waals surface area contributed by atoms with Crippen molar-refractivity contribution in [3.05, 3.63) is 102 Å². The summed E-state index contributed by atoms with van der Waals surface area (Å²) in [5.74, 6) is 0.188. The number of amides is 1. The van der Waals surface area contributed by atoms with Crippen LogP contribution >= 0.6 is 0 Å². The molecule has 8 nitrogen and oxygen atoms in total. The monoisotopic (exact) mass is 489 g/mol. The Hall–Kier alpha value is -4.46. The third kappa shape index (κ3) is 6.56. The number of carboxylic acid groups (broad SMARTS) is 1. The molecule has 4 rings (SSSR count). The molecule has 1 aliphatic heterocycles. The van der Waals surface area contributed by atoms with Gasteiger partial charge in [-0.2, -0.15) is 0 Å². The van der Waals surface area contributed by atoms with E-state index < -0.39 is 12.1 Å². The Labute approximate surface area is 209 Å². The molecule has 1 amide bonds. The van der Waals surface area contributed by atoms with Gasteiger partial charge < -0.3 is 24.1 Å². The number of ether oxygens (including phenoxy) is 4.